The number of morpholine rings is 1. The Hall–Kier alpha value is -2.17. The van der Waals surface area contributed by atoms with E-state index in [1.807, 2.05) is 55.5 Å². The van der Waals surface area contributed by atoms with E-state index in [9.17, 15) is 4.79 Å². The van der Waals surface area contributed by atoms with Crippen molar-refractivity contribution in [2.24, 2.45) is 0 Å². The Morgan fingerprint density at radius 2 is 1.81 bits per heavy atom. The third-order valence-corrected chi connectivity index (χ3v) is 5.34. The maximum atomic E-state index is 12.5. The van der Waals surface area contributed by atoms with E-state index >= 15 is 0 Å². The minimum atomic E-state index is -0.189. The SMILES string of the molecule is CC[C@@H](C(=O)OCCN1CCO[C@H](c2ccccc2)[C@@H]1C)c1ccccc1. The molecule has 0 N–H and O–H groups in total. The van der Waals surface area contributed by atoms with Crippen LogP contribution in [0.25, 0.3) is 0 Å². The maximum Gasteiger partial charge on any atom is 0.313 e. The van der Waals surface area contributed by atoms with Gasteiger partial charge in [-0.3, -0.25) is 9.69 Å². The van der Waals surface area contributed by atoms with Crippen molar-refractivity contribution in [1.82, 2.24) is 4.90 Å². The normalized spacial score (nSPS) is 21.6. The van der Waals surface area contributed by atoms with Gasteiger partial charge in [0.1, 0.15) is 6.61 Å². The predicted molar refractivity (Wildman–Crippen MR) is 107 cm³/mol. The molecule has 1 aliphatic rings. The monoisotopic (exact) mass is 367 g/mol. The number of carbonyl (C=O) groups excluding carboxylic acids is 1. The summed E-state index contributed by atoms with van der Waals surface area (Å²) in [4.78, 5) is 14.9. The lowest BCUT2D eigenvalue weighted by Crippen LogP contribution is -2.47. The summed E-state index contributed by atoms with van der Waals surface area (Å²) >= 11 is 0. The first kappa shape index (κ1) is 19.6. The lowest BCUT2D eigenvalue weighted by Gasteiger charge is -2.39. The molecule has 1 fully saturated rings. The van der Waals surface area contributed by atoms with Crippen molar-refractivity contribution in [3.63, 3.8) is 0 Å². The van der Waals surface area contributed by atoms with E-state index in [4.69, 9.17) is 9.47 Å². The molecule has 1 aliphatic heterocycles. The molecule has 144 valence electrons. The van der Waals surface area contributed by atoms with Crippen molar-refractivity contribution >= 4 is 5.97 Å². The molecule has 0 bridgehead atoms. The second-order valence-electron chi connectivity index (χ2n) is 7.02. The number of esters is 1. The molecule has 4 nitrogen and oxygen atoms in total. The van der Waals surface area contributed by atoms with Crippen LogP contribution in [0.5, 0.6) is 0 Å². The molecule has 3 atom stereocenters. The zero-order valence-corrected chi connectivity index (χ0v) is 16.2. The Balaban J connectivity index is 1.53. The van der Waals surface area contributed by atoms with Crippen molar-refractivity contribution in [1.29, 1.82) is 0 Å². The molecule has 3 rings (SSSR count). The summed E-state index contributed by atoms with van der Waals surface area (Å²) in [5.41, 5.74) is 2.22. The molecule has 0 unspecified atom stereocenters. The van der Waals surface area contributed by atoms with Gasteiger partial charge in [0.15, 0.2) is 0 Å². The highest BCUT2D eigenvalue weighted by atomic mass is 16.5. The Morgan fingerprint density at radius 1 is 1.15 bits per heavy atom. The highest BCUT2D eigenvalue weighted by Gasteiger charge is 2.30. The molecule has 0 aromatic heterocycles. The lowest BCUT2D eigenvalue weighted by molar-refractivity contribution is -0.147. The highest BCUT2D eigenvalue weighted by molar-refractivity contribution is 5.78. The van der Waals surface area contributed by atoms with Gasteiger partial charge in [0.2, 0.25) is 0 Å². The Labute approximate surface area is 162 Å². The van der Waals surface area contributed by atoms with Crippen LogP contribution in [0.4, 0.5) is 0 Å². The van der Waals surface area contributed by atoms with Gasteiger partial charge in [0.05, 0.1) is 18.6 Å². The van der Waals surface area contributed by atoms with E-state index in [0.717, 1.165) is 25.1 Å². The number of ether oxygens (including phenoxy) is 2. The van der Waals surface area contributed by atoms with E-state index < -0.39 is 0 Å². The minimum Gasteiger partial charge on any atom is -0.464 e. The van der Waals surface area contributed by atoms with Gasteiger partial charge >= 0.3 is 5.97 Å². The van der Waals surface area contributed by atoms with Crippen molar-refractivity contribution in [2.45, 2.75) is 38.3 Å². The number of rotatable bonds is 7. The van der Waals surface area contributed by atoms with Gasteiger partial charge in [-0.05, 0) is 24.5 Å². The van der Waals surface area contributed by atoms with Crippen LogP contribution in [0.2, 0.25) is 0 Å². The maximum absolute atomic E-state index is 12.5. The van der Waals surface area contributed by atoms with Crippen LogP contribution >= 0.6 is 0 Å². The average molecular weight is 367 g/mol. The summed E-state index contributed by atoms with van der Waals surface area (Å²) in [6, 6.07) is 20.4. The molecule has 0 saturated carbocycles. The predicted octanol–water partition coefficient (Wildman–Crippen LogP) is 4.19. The zero-order chi connectivity index (χ0) is 19.1. The minimum absolute atomic E-state index is 0.0587. The van der Waals surface area contributed by atoms with Gasteiger partial charge in [-0.1, -0.05) is 67.6 Å². The lowest BCUT2D eigenvalue weighted by atomic mass is 9.97. The van der Waals surface area contributed by atoms with Crippen LogP contribution in [0.15, 0.2) is 60.7 Å². The fourth-order valence-electron chi connectivity index (χ4n) is 3.75. The van der Waals surface area contributed by atoms with Crippen LogP contribution in [0, 0.1) is 0 Å². The first-order chi connectivity index (χ1) is 13.2. The number of benzene rings is 2. The molecular weight excluding hydrogens is 338 g/mol. The Bertz CT molecular complexity index is 704. The molecule has 0 amide bonds. The van der Waals surface area contributed by atoms with Gasteiger partial charge in [0, 0.05) is 19.1 Å². The van der Waals surface area contributed by atoms with E-state index in [0.29, 0.717) is 13.2 Å². The average Bonchev–Trinajstić information content (AvgIpc) is 2.71. The number of hydrogen-bond acceptors (Lipinski definition) is 4. The van der Waals surface area contributed by atoms with Gasteiger partial charge in [-0.25, -0.2) is 0 Å². The molecule has 27 heavy (non-hydrogen) atoms. The van der Waals surface area contributed by atoms with Gasteiger partial charge < -0.3 is 9.47 Å². The second kappa shape index (κ2) is 9.67. The van der Waals surface area contributed by atoms with E-state index in [1.54, 1.807) is 0 Å². The largest absolute Gasteiger partial charge is 0.464 e. The molecule has 0 radical (unpaired) electrons. The van der Waals surface area contributed by atoms with Crippen LogP contribution in [0.1, 0.15) is 43.4 Å². The van der Waals surface area contributed by atoms with Gasteiger partial charge in [-0.2, -0.15) is 0 Å². The van der Waals surface area contributed by atoms with Gasteiger partial charge in [0.25, 0.3) is 0 Å². The van der Waals surface area contributed by atoms with E-state index in [2.05, 4.69) is 24.0 Å². The molecular formula is C23H29NO3. The summed E-state index contributed by atoms with van der Waals surface area (Å²) < 4.78 is 11.6. The smallest absolute Gasteiger partial charge is 0.313 e. The standard InChI is InChI=1S/C23H29NO3/c1-3-21(19-10-6-4-7-11-19)23(25)27-17-15-24-14-16-26-22(18(24)2)20-12-8-5-9-13-20/h4-13,18,21-22H,3,14-17H2,1-2H3/t18-,21+,22-/m0/s1. The molecule has 1 heterocycles. The van der Waals surface area contributed by atoms with Crippen molar-refractivity contribution in [3.8, 4) is 0 Å². The molecule has 2 aromatic rings. The first-order valence-corrected chi connectivity index (χ1v) is 9.83. The summed E-state index contributed by atoms with van der Waals surface area (Å²) in [5, 5.41) is 0. The summed E-state index contributed by atoms with van der Waals surface area (Å²) in [7, 11) is 0. The van der Waals surface area contributed by atoms with Crippen LogP contribution in [-0.4, -0.2) is 43.2 Å². The zero-order valence-electron chi connectivity index (χ0n) is 16.2. The fourth-order valence-corrected chi connectivity index (χ4v) is 3.75. The molecule has 2 aromatic carbocycles. The Morgan fingerprint density at radius 3 is 2.48 bits per heavy atom. The fraction of sp³-hybridized carbons (Fsp3) is 0.435. The third kappa shape index (κ3) is 4.96. The van der Waals surface area contributed by atoms with E-state index in [-0.39, 0.29) is 24.0 Å². The third-order valence-electron chi connectivity index (χ3n) is 5.34. The molecule has 4 heteroatoms. The van der Waals surface area contributed by atoms with Crippen LogP contribution in [-0.2, 0) is 14.3 Å². The number of carbonyl (C=O) groups is 1. The Kier molecular flexibility index (Phi) is 7.02. The molecule has 0 spiro atoms. The summed E-state index contributed by atoms with van der Waals surface area (Å²) in [5.74, 6) is -0.324. The topological polar surface area (TPSA) is 38.8 Å². The highest BCUT2D eigenvalue weighted by Crippen LogP contribution is 2.28. The summed E-state index contributed by atoms with van der Waals surface area (Å²) in [6.45, 7) is 6.89. The van der Waals surface area contributed by atoms with Crippen LogP contribution in [0.3, 0.4) is 0 Å². The van der Waals surface area contributed by atoms with Crippen molar-refractivity contribution < 1.29 is 14.3 Å². The quantitative estimate of drug-likeness (QED) is 0.688. The molecule has 0 aliphatic carbocycles. The van der Waals surface area contributed by atoms with Crippen molar-refractivity contribution in [3.05, 3.63) is 71.8 Å². The second-order valence-corrected chi connectivity index (χ2v) is 7.02. The summed E-state index contributed by atoms with van der Waals surface area (Å²) in [6.07, 6.45) is 0.802. The number of hydrogen-bond donors (Lipinski definition) is 0. The van der Waals surface area contributed by atoms with Gasteiger partial charge in [-0.15, -0.1) is 0 Å². The molecule has 1 saturated heterocycles. The van der Waals surface area contributed by atoms with E-state index in [1.165, 1.54) is 5.56 Å². The van der Waals surface area contributed by atoms with Crippen molar-refractivity contribution in [2.75, 3.05) is 26.3 Å². The van der Waals surface area contributed by atoms with Crippen LogP contribution < -0.4 is 0 Å². The first-order valence-electron chi connectivity index (χ1n) is 9.83. The number of nitrogens with zero attached hydrogens (tertiary/aromatic N) is 1.